The molecule has 2 aliphatic heterocycles. The van der Waals surface area contributed by atoms with Gasteiger partial charge in [-0.05, 0) is 63.4 Å². The Morgan fingerprint density at radius 3 is 2.31 bits per heavy atom. The molecule has 1 aromatic rings. The maximum Gasteiger partial charge on any atom is 0.317 e. The lowest BCUT2D eigenvalue weighted by Gasteiger charge is -2.34. The number of hydrogen-bond donors (Lipinski definition) is 1. The summed E-state index contributed by atoms with van der Waals surface area (Å²) >= 11 is 0. The number of carbonyl (C=O) groups is 1. The van der Waals surface area contributed by atoms with Crippen LogP contribution in [0.15, 0.2) is 35.2 Å². The smallest absolute Gasteiger partial charge is 0.317 e. The summed E-state index contributed by atoms with van der Waals surface area (Å²) in [6.45, 7) is 8.01. The quantitative estimate of drug-likeness (QED) is 0.684. The summed E-state index contributed by atoms with van der Waals surface area (Å²) in [4.78, 5) is 16.9. The van der Waals surface area contributed by atoms with Gasteiger partial charge in [-0.2, -0.15) is 4.31 Å². The van der Waals surface area contributed by atoms with Gasteiger partial charge in [0.1, 0.15) is 0 Å². The molecule has 0 bridgehead atoms. The summed E-state index contributed by atoms with van der Waals surface area (Å²) < 4.78 is 26.8. The van der Waals surface area contributed by atoms with E-state index < -0.39 is 10.0 Å². The molecular formula is C21H34N4O3S. The fraction of sp³-hybridized carbons (Fsp3) is 0.667. The monoisotopic (exact) mass is 422 g/mol. The Labute approximate surface area is 175 Å². The number of hydrogen-bond acceptors (Lipinski definition) is 4. The molecule has 1 N–H and O–H groups in total. The van der Waals surface area contributed by atoms with E-state index in [-0.39, 0.29) is 6.03 Å². The second-order valence-electron chi connectivity index (χ2n) is 8.17. The summed E-state index contributed by atoms with van der Waals surface area (Å²) in [5, 5.41) is 2.98. The average Bonchev–Trinajstić information content (AvgIpc) is 2.75. The van der Waals surface area contributed by atoms with E-state index in [0.717, 1.165) is 25.3 Å². The van der Waals surface area contributed by atoms with Gasteiger partial charge < -0.3 is 15.1 Å². The molecule has 162 valence electrons. The summed E-state index contributed by atoms with van der Waals surface area (Å²) in [6.07, 6.45) is 4.66. The van der Waals surface area contributed by atoms with Crippen LogP contribution >= 0.6 is 0 Å². The van der Waals surface area contributed by atoms with Crippen molar-refractivity contribution < 1.29 is 13.2 Å². The molecule has 0 spiro atoms. The number of piperazine rings is 1. The van der Waals surface area contributed by atoms with Crippen molar-refractivity contribution in [3.63, 3.8) is 0 Å². The van der Waals surface area contributed by atoms with Gasteiger partial charge in [-0.25, -0.2) is 13.2 Å². The Kier molecular flexibility index (Phi) is 7.91. The van der Waals surface area contributed by atoms with E-state index in [1.54, 1.807) is 35.2 Å². The van der Waals surface area contributed by atoms with Crippen molar-refractivity contribution in [3.05, 3.63) is 30.3 Å². The number of piperidine rings is 1. The van der Waals surface area contributed by atoms with E-state index in [0.29, 0.717) is 37.6 Å². The maximum absolute atomic E-state index is 12.7. The minimum absolute atomic E-state index is 0.0893. The molecule has 2 saturated heterocycles. The zero-order chi connectivity index (χ0) is 20.7. The Morgan fingerprint density at radius 1 is 1.00 bits per heavy atom. The van der Waals surface area contributed by atoms with Gasteiger partial charge in [0.05, 0.1) is 4.90 Å². The van der Waals surface area contributed by atoms with Gasteiger partial charge in [-0.1, -0.05) is 25.1 Å². The van der Waals surface area contributed by atoms with E-state index >= 15 is 0 Å². The molecule has 3 rings (SSSR count). The number of nitrogens with zero attached hydrogens (tertiary/aromatic N) is 3. The number of urea groups is 1. The van der Waals surface area contributed by atoms with E-state index in [9.17, 15) is 13.2 Å². The lowest BCUT2D eigenvalue weighted by Crippen LogP contribution is -2.53. The first-order chi connectivity index (χ1) is 14.0. The largest absolute Gasteiger partial charge is 0.338 e. The van der Waals surface area contributed by atoms with Crippen LogP contribution in [0.2, 0.25) is 0 Å². The summed E-state index contributed by atoms with van der Waals surface area (Å²) in [5.41, 5.74) is 0. The van der Waals surface area contributed by atoms with Gasteiger partial charge in [0.25, 0.3) is 0 Å². The molecule has 2 aliphatic rings. The SMILES string of the molecule is CC1CCN(CCCCNC(=O)N2CCN(S(=O)(=O)c3ccccc3)CC2)CC1. The third-order valence-corrected chi connectivity index (χ3v) is 7.87. The van der Waals surface area contributed by atoms with E-state index in [4.69, 9.17) is 0 Å². The number of carbonyl (C=O) groups excluding carboxylic acids is 1. The molecule has 2 fully saturated rings. The number of nitrogens with one attached hydrogen (secondary N) is 1. The standard InChI is InChI=1S/C21H34N4O3S/c1-19-9-13-23(14-10-19)12-6-5-11-22-21(26)24-15-17-25(18-16-24)29(27,28)20-7-3-2-4-8-20/h2-4,7-8,19H,5-6,9-18H2,1H3,(H,22,26). The van der Waals surface area contributed by atoms with Crippen LogP contribution in [0, 0.1) is 5.92 Å². The summed E-state index contributed by atoms with van der Waals surface area (Å²) in [6, 6.07) is 8.38. The highest BCUT2D eigenvalue weighted by Gasteiger charge is 2.29. The number of sulfonamides is 1. The molecule has 29 heavy (non-hydrogen) atoms. The Bertz CT molecular complexity index is 740. The van der Waals surface area contributed by atoms with Crippen molar-refractivity contribution in [3.8, 4) is 0 Å². The second kappa shape index (κ2) is 10.4. The molecule has 2 amide bonds. The van der Waals surface area contributed by atoms with Crippen LogP contribution in [0.1, 0.15) is 32.6 Å². The average molecular weight is 423 g/mol. The predicted molar refractivity (Wildman–Crippen MR) is 114 cm³/mol. The predicted octanol–water partition coefficient (Wildman–Crippen LogP) is 2.21. The molecule has 7 nitrogen and oxygen atoms in total. The van der Waals surface area contributed by atoms with Gasteiger partial charge in [0, 0.05) is 32.7 Å². The third kappa shape index (κ3) is 6.17. The van der Waals surface area contributed by atoms with Crippen molar-refractivity contribution >= 4 is 16.1 Å². The fourth-order valence-corrected chi connectivity index (χ4v) is 5.37. The first kappa shape index (κ1) is 22.1. The van der Waals surface area contributed by atoms with Crippen LogP contribution in [0.5, 0.6) is 0 Å². The Morgan fingerprint density at radius 2 is 1.66 bits per heavy atom. The normalized spacial score (nSPS) is 20.0. The van der Waals surface area contributed by atoms with Crippen LogP contribution in [0.4, 0.5) is 4.79 Å². The molecule has 1 aromatic carbocycles. The Balaban J connectivity index is 1.33. The third-order valence-electron chi connectivity index (χ3n) is 5.96. The van der Waals surface area contributed by atoms with Gasteiger partial charge in [0.15, 0.2) is 0 Å². The van der Waals surface area contributed by atoms with Crippen LogP contribution in [0.3, 0.4) is 0 Å². The van der Waals surface area contributed by atoms with Crippen molar-refractivity contribution in [2.24, 2.45) is 5.92 Å². The topological polar surface area (TPSA) is 73.0 Å². The first-order valence-corrected chi connectivity index (χ1v) is 12.2. The molecule has 2 heterocycles. The van der Waals surface area contributed by atoms with Crippen LogP contribution in [-0.2, 0) is 10.0 Å². The molecule has 8 heteroatoms. The number of benzene rings is 1. The molecule has 0 aromatic heterocycles. The highest BCUT2D eigenvalue weighted by molar-refractivity contribution is 7.89. The van der Waals surface area contributed by atoms with Crippen molar-refractivity contribution in [1.82, 2.24) is 19.4 Å². The molecular weight excluding hydrogens is 388 g/mol. The van der Waals surface area contributed by atoms with Crippen LogP contribution in [0.25, 0.3) is 0 Å². The van der Waals surface area contributed by atoms with Gasteiger partial charge in [-0.15, -0.1) is 0 Å². The maximum atomic E-state index is 12.7. The van der Waals surface area contributed by atoms with Crippen molar-refractivity contribution in [2.75, 3.05) is 52.4 Å². The molecule has 0 unspecified atom stereocenters. The van der Waals surface area contributed by atoms with Crippen molar-refractivity contribution in [2.45, 2.75) is 37.5 Å². The highest BCUT2D eigenvalue weighted by atomic mass is 32.2. The van der Waals surface area contributed by atoms with Gasteiger partial charge in [0.2, 0.25) is 10.0 Å². The van der Waals surface area contributed by atoms with Gasteiger partial charge in [-0.3, -0.25) is 0 Å². The summed E-state index contributed by atoms with van der Waals surface area (Å²) in [5.74, 6) is 0.855. The molecule has 0 aliphatic carbocycles. The molecule has 0 radical (unpaired) electrons. The van der Waals surface area contributed by atoms with Crippen LogP contribution < -0.4 is 5.32 Å². The lowest BCUT2D eigenvalue weighted by atomic mass is 9.99. The Hall–Kier alpha value is -1.64. The number of likely N-dealkylation sites (tertiary alicyclic amines) is 1. The molecule has 0 atom stereocenters. The second-order valence-corrected chi connectivity index (χ2v) is 10.1. The number of amides is 2. The molecule has 0 saturated carbocycles. The van der Waals surface area contributed by atoms with E-state index in [1.807, 2.05) is 0 Å². The minimum Gasteiger partial charge on any atom is -0.338 e. The fourth-order valence-electron chi connectivity index (χ4n) is 3.93. The first-order valence-electron chi connectivity index (χ1n) is 10.8. The zero-order valence-corrected chi connectivity index (χ0v) is 18.2. The van der Waals surface area contributed by atoms with E-state index in [2.05, 4.69) is 17.1 Å². The zero-order valence-electron chi connectivity index (χ0n) is 17.4. The van der Waals surface area contributed by atoms with Crippen molar-refractivity contribution in [1.29, 1.82) is 0 Å². The van der Waals surface area contributed by atoms with E-state index in [1.165, 1.54) is 30.2 Å². The van der Waals surface area contributed by atoms with Gasteiger partial charge >= 0.3 is 6.03 Å². The minimum atomic E-state index is -3.48. The highest BCUT2D eigenvalue weighted by Crippen LogP contribution is 2.17. The number of rotatable bonds is 7. The summed E-state index contributed by atoms with van der Waals surface area (Å²) in [7, 11) is -3.48. The lowest BCUT2D eigenvalue weighted by molar-refractivity contribution is 0.171. The van der Waals surface area contributed by atoms with Crippen LogP contribution in [-0.4, -0.2) is 80.9 Å². The number of unbranched alkanes of at least 4 members (excludes halogenated alkanes) is 1.